The normalized spacial score (nSPS) is 12.2. The van der Waals surface area contributed by atoms with E-state index >= 15 is 0 Å². The van der Waals surface area contributed by atoms with Gasteiger partial charge in [-0.25, -0.2) is 0 Å². The van der Waals surface area contributed by atoms with Crippen molar-refractivity contribution in [1.29, 1.82) is 5.26 Å². The van der Waals surface area contributed by atoms with E-state index in [4.69, 9.17) is 0 Å². The van der Waals surface area contributed by atoms with Crippen molar-refractivity contribution in [3.63, 3.8) is 0 Å². The van der Waals surface area contributed by atoms with Crippen LogP contribution in [-0.4, -0.2) is 61.4 Å². The Kier molecular flexibility index (Phi) is 12.5. The van der Waals surface area contributed by atoms with Crippen LogP contribution in [0.25, 0.3) is 11.1 Å². The molecule has 3 aromatic carbocycles. The summed E-state index contributed by atoms with van der Waals surface area (Å²) in [6.45, 7) is 9.41. The summed E-state index contributed by atoms with van der Waals surface area (Å²) in [5.74, 6) is -0.295. The molecule has 3 amide bonds. The molecule has 0 bridgehead atoms. The van der Waals surface area contributed by atoms with Gasteiger partial charge in [0.1, 0.15) is 0 Å². The third-order valence-electron chi connectivity index (χ3n) is 7.11. The second-order valence-electron chi connectivity index (χ2n) is 11.3. The molecule has 0 aromatic heterocycles. The molecular formula is C35H43N5O3. The second-order valence-corrected chi connectivity index (χ2v) is 11.3. The average Bonchev–Trinajstić information content (AvgIpc) is 3.02. The van der Waals surface area contributed by atoms with Crippen LogP contribution < -0.4 is 16.0 Å². The number of hydrogen-bond donors (Lipinski definition) is 3. The van der Waals surface area contributed by atoms with E-state index in [2.05, 4.69) is 22.0 Å². The molecule has 0 radical (unpaired) electrons. The first-order valence-electron chi connectivity index (χ1n) is 14.9. The molecule has 0 fully saturated rings. The van der Waals surface area contributed by atoms with E-state index in [1.165, 1.54) is 0 Å². The maximum atomic E-state index is 13.8. The predicted molar refractivity (Wildman–Crippen MR) is 171 cm³/mol. The Balaban J connectivity index is 1.92. The molecule has 0 aliphatic heterocycles. The number of rotatable bonds is 14. The van der Waals surface area contributed by atoms with Gasteiger partial charge in [0.2, 0.25) is 5.91 Å². The molecule has 43 heavy (non-hydrogen) atoms. The molecule has 3 N–H and O–H groups in total. The Labute approximate surface area is 255 Å². The van der Waals surface area contributed by atoms with Gasteiger partial charge < -0.3 is 20.9 Å². The largest absolute Gasteiger partial charge is 0.354 e. The second kappa shape index (κ2) is 16.2. The highest BCUT2D eigenvalue weighted by Gasteiger charge is 2.21. The van der Waals surface area contributed by atoms with Crippen LogP contribution in [0.3, 0.4) is 0 Å². The molecule has 3 aromatic rings. The van der Waals surface area contributed by atoms with Crippen molar-refractivity contribution in [3.05, 3.63) is 95.1 Å². The van der Waals surface area contributed by atoms with Crippen molar-refractivity contribution < 1.29 is 14.4 Å². The monoisotopic (exact) mass is 581 g/mol. The molecule has 0 saturated carbocycles. The van der Waals surface area contributed by atoms with E-state index < -0.39 is 6.04 Å². The summed E-state index contributed by atoms with van der Waals surface area (Å²) in [6, 6.07) is 23.5. The van der Waals surface area contributed by atoms with Crippen LogP contribution in [0.15, 0.2) is 72.8 Å². The van der Waals surface area contributed by atoms with Crippen molar-refractivity contribution in [2.75, 3.05) is 26.7 Å². The SMILES string of the molecule is CCCN(C)C(=O)c1cc(C(=O)N[C@H](CN[C@@H](C)C(=O)NCC(C)C)Cc2ccccc2)cc(-c2ccccc2C#N)c1. The van der Waals surface area contributed by atoms with Crippen molar-refractivity contribution in [2.24, 2.45) is 5.92 Å². The van der Waals surface area contributed by atoms with Crippen LogP contribution in [-0.2, 0) is 11.2 Å². The molecule has 3 rings (SSSR count). The summed E-state index contributed by atoms with van der Waals surface area (Å²) in [7, 11) is 1.74. The first-order valence-corrected chi connectivity index (χ1v) is 14.9. The Hall–Kier alpha value is -4.48. The Bertz CT molecular complexity index is 1430. The van der Waals surface area contributed by atoms with Crippen LogP contribution in [0.4, 0.5) is 0 Å². The summed E-state index contributed by atoms with van der Waals surface area (Å²) < 4.78 is 0. The van der Waals surface area contributed by atoms with Gasteiger partial charge in [0, 0.05) is 43.9 Å². The van der Waals surface area contributed by atoms with Gasteiger partial charge in [-0.3, -0.25) is 14.4 Å². The van der Waals surface area contributed by atoms with Crippen molar-refractivity contribution in [1.82, 2.24) is 20.9 Å². The fourth-order valence-corrected chi connectivity index (χ4v) is 4.74. The lowest BCUT2D eigenvalue weighted by atomic mass is 9.95. The van der Waals surface area contributed by atoms with E-state index in [0.717, 1.165) is 12.0 Å². The predicted octanol–water partition coefficient (Wildman–Crippen LogP) is 4.80. The number of nitrogens with zero attached hydrogens (tertiary/aromatic N) is 2. The number of benzene rings is 3. The van der Waals surface area contributed by atoms with Crippen LogP contribution >= 0.6 is 0 Å². The number of hydrogen-bond acceptors (Lipinski definition) is 5. The Morgan fingerprint density at radius 3 is 2.26 bits per heavy atom. The molecule has 0 aliphatic rings. The molecule has 0 unspecified atom stereocenters. The molecule has 0 heterocycles. The lowest BCUT2D eigenvalue weighted by molar-refractivity contribution is -0.122. The molecule has 2 atom stereocenters. The van der Waals surface area contributed by atoms with Crippen LogP contribution in [0, 0.1) is 17.2 Å². The zero-order chi connectivity index (χ0) is 31.4. The lowest BCUT2D eigenvalue weighted by Gasteiger charge is -2.23. The molecule has 0 spiro atoms. The summed E-state index contributed by atoms with van der Waals surface area (Å²) in [5.41, 5.74) is 3.46. The number of nitrogens with one attached hydrogen (secondary N) is 3. The smallest absolute Gasteiger partial charge is 0.253 e. The van der Waals surface area contributed by atoms with E-state index in [1.807, 2.05) is 63.2 Å². The van der Waals surface area contributed by atoms with E-state index in [9.17, 15) is 19.6 Å². The van der Waals surface area contributed by atoms with Gasteiger partial charge in [0.05, 0.1) is 17.7 Å². The van der Waals surface area contributed by atoms with E-state index in [0.29, 0.717) is 59.8 Å². The summed E-state index contributed by atoms with van der Waals surface area (Å²) >= 11 is 0. The van der Waals surface area contributed by atoms with Gasteiger partial charge in [-0.05, 0) is 66.6 Å². The highest BCUT2D eigenvalue weighted by Crippen LogP contribution is 2.26. The molecule has 0 aliphatic carbocycles. The number of amides is 3. The third-order valence-corrected chi connectivity index (χ3v) is 7.11. The maximum Gasteiger partial charge on any atom is 0.253 e. The molecule has 8 heteroatoms. The van der Waals surface area contributed by atoms with Gasteiger partial charge >= 0.3 is 0 Å². The fraction of sp³-hybridized carbons (Fsp3) is 0.371. The standard InChI is InChI=1S/C35H43N5O3/c1-6-16-40(5)35(43)30-19-28(32-15-11-10-14-27(32)21-36)18-29(20-30)34(42)39-31(17-26-12-8-7-9-13-26)23-37-25(4)33(41)38-22-24(2)3/h7-15,18-20,24-25,31,37H,6,16-17,22-23H2,1-5H3,(H,38,41)(H,39,42)/t25-,31-/m0/s1. The average molecular weight is 582 g/mol. The quantitative estimate of drug-likeness (QED) is 0.253. The van der Waals surface area contributed by atoms with E-state index in [1.54, 1.807) is 49.2 Å². The highest BCUT2D eigenvalue weighted by molar-refractivity contribution is 6.01. The van der Waals surface area contributed by atoms with Gasteiger partial charge in [-0.15, -0.1) is 0 Å². The summed E-state index contributed by atoms with van der Waals surface area (Å²) in [4.78, 5) is 41.3. The molecule has 0 saturated heterocycles. The van der Waals surface area contributed by atoms with Gasteiger partial charge in [-0.1, -0.05) is 69.3 Å². The minimum Gasteiger partial charge on any atom is -0.354 e. The first-order chi connectivity index (χ1) is 20.6. The Morgan fingerprint density at radius 2 is 1.58 bits per heavy atom. The van der Waals surface area contributed by atoms with E-state index in [-0.39, 0.29) is 23.8 Å². The fourth-order valence-electron chi connectivity index (χ4n) is 4.74. The van der Waals surface area contributed by atoms with Gasteiger partial charge in [0.25, 0.3) is 11.8 Å². The first kappa shape index (κ1) is 33.0. The zero-order valence-electron chi connectivity index (χ0n) is 25.8. The zero-order valence-corrected chi connectivity index (χ0v) is 25.8. The third kappa shape index (κ3) is 9.79. The van der Waals surface area contributed by atoms with Gasteiger partial charge in [-0.2, -0.15) is 5.26 Å². The minimum atomic E-state index is -0.446. The van der Waals surface area contributed by atoms with Crippen LogP contribution in [0.1, 0.15) is 66.0 Å². The number of carbonyl (C=O) groups is 3. The van der Waals surface area contributed by atoms with Crippen molar-refractivity contribution in [2.45, 2.75) is 52.6 Å². The van der Waals surface area contributed by atoms with Crippen molar-refractivity contribution in [3.8, 4) is 17.2 Å². The molecule has 226 valence electrons. The Morgan fingerprint density at radius 1 is 0.907 bits per heavy atom. The number of nitriles is 1. The highest BCUT2D eigenvalue weighted by atomic mass is 16.2. The molecule has 8 nitrogen and oxygen atoms in total. The maximum absolute atomic E-state index is 13.8. The summed E-state index contributed by atoms with van der Waals surface area (Å²) in [5, 5.41) is 19.1. The summed E-state index contributed by atoms with van der Waals surface area (Å²) in [6.07, 6.45) is 1.34. The molecular weight excluding hydrogens is 538 g/mol. The van der Waals surface area contributed by atoms with Gasteiger partial charge in [0.15, 0.2) is 0 Å². The van der Waals surface area contributed by atoms with Crippen LogP contribution in [0.2, 0.25) is 0 Å². The minimum absolute atomic E-state index is 0.0956. The number of carbonyl (C=O) groups excluding carboxylic acids is 3. The van der Waals surface area contributed by atoms with Crippen molar-refractivity contribution >= 4 is 17.7 Å². The van der Waals surface area contributed by atoms with Crippen LogP contribution in [0.5, 0.6) is 0 Å². The topological polar surface area (TPSA) is 114 Å². The lowest BCUT2D eigenvalue weighted by Crippen LogP contribution is -2.50.